The molecule has 3 rings (SSSR count). The van der Waals surface area contributed by atoms with Gasteiger partial charge in [0.05, 0.1) is 22.1 Å². The molecule has 0 radical (unpaired) electrons. The Kier molecular flexibility index (Phi) is 5.42. The molecular weight excluding hydrogens is 372 g/mol. The van der Waals surface area contributed by atoms with E-state index in [0.717, 1.165) is 28.4 Å². The first-order chi connectivity index (χ1) is 12.3. The molecule has 0 fully saturated rings. The van der Waals surface area contributed by atoms with Crippen LogP contribution in [0.25, 0.3) is 0 Å². The molecule has 2 N–H and O–H groups in total. The Bertz CT molecular complexity index is 924. The second-order valence-electron chi connectivity index (χ2n) is 6.39. The molecule has 26 heavy (non-hydrogen) atoms. The van der Waals surface area contributed by atoms with E-state index in [1.54, 1.807) is 28.4 Å². The highest BCUT2D eigenvalue weighted by atomic mass is 32.2. The molecule has 1 aliphatic rings. The topological polar surface area (TPSA) is 96.6 Å². The molecule has 0 aliphatic carbocycles. The van der Waals surface area contributed by atoms with Crippen molar-refractivity contribution in [1.29, 1.82) is 0 Å². The number of primary sulfonamides is 1. The molecule has 0 saturated carbocycles. The number of hydrogen-bond acceptors (Lipinski definition) is 6. The van der Waals surface area contributed by atoms with Crippen molar-refractivity contribution in [1.82, 2.24) is 9.88 Å². The minimum absolute atomic E-state index is 0.0134. The number of nitrogens with two attached hydrogens (primary N) is 1. The number of carbonyl (C=O) groups is 1. The summed E-state index contributed by atoms with van der Waals surface area (Å²) in [5, 5.41) is 8.30. The zero-order valence-electron chi connectivity index (χ0n) is 14.8. The van der Waals surface area contributed by atoms with E-state index in [2.05, 4.69) is 11.9 Å². The summed E-state index contributed by atoms with van der Waals surface area (Å²) in [4.78, 5) is 20.9. The molecule has 0 saturated heterocycles. The van der Waals surface area contributed by atoms with Crippen molar-refractivity contribution in [2.45, 2.75) is 31.2 Å². The maximum Gasteiger partial charge on any atom is 0.241 e. The van der Waals surface area contributed by atoms with E-state index in [1.807, 2.05) is 17.3 Å². The Balaban J connectivity index is 1.66. The molecule has 7 nitrogen and oxygen atoms in total. The number of fused-ring (bicyclic) bond motifs is 1. The standard InChI is InChI=1S/C17H22N4O3S2/c1-3-16-19-13(11-25-16)9-20(2)10-17(22)21-7-6-12-8-14(26(18,23)24)4-5-15(12)21/h4-5,8,11H,3,6-7,9-10H2,1-2H3,(H2,18,23,24). The van der Waals surface area contributed by atoms with Crippen molar-refractivity contribution in [2.24, 2.45) is 5.14 Å². The van der Waals surface area contributed by atoms with Crippen molar-refractivity contribution in [3.05, 3.63) is 39.8 Å². The number of rotatable bonds is 6. The van der Waals surface area contributed by atoms with Crippen LogP contribution in [0, 0.1) is 0 Å². The number of carbonyl (C=O) groups excluding carboxylic acids is 1. The summed E-state index contributed by atoms with van der Waals surface area (Å²) < 4.78 is 23.0. The number of aryl methyl sites for hydroxylation is 1. The van der Waals surface area contributed by atoms with Gasteiger partial charge in [0.2, 0.25) is 15.9 Å². The highest BCUT2D eigenvalue weighted by Crippen LogP contribution is 2.30. The summed E-state index contributed by atoms with van der Waals surface area (Å²) >= 11 is 1.64. The van der Waals surface area contributed by atoms with Gasteiger partial charge in [0.15, 0.2) is 0 Å². The van der Waals surface area contributed by atoms with Crippen LogP contribution in [0.15, 0.2) is 28.5 Å². The normalized spacial score (nSPS) is 14.1. The zero-order chi connectivity index (χ0) is 18.9. The molecule has 1 aliphatic heterocycles. The summed E-state index contributed by atoms with van der Waals surface area (Å²) in [7, 11) is -1.84. The Morgan fingerprint density at radius 2 is 2.19 bits per heavy atom. The van der Waals surface area contributed by atoms with Gasteiger partial charge in [-0.2, -0.15) is 0 Å². The van der Waals surface area contributed by atoms with Crippen molar-refractivity contribution >= 4 is 33.0 Å². The second kappa shape index (κ2) is 7.43. The zero-order valence-corrected chi connectivity index (χ0v) is 16.4. The molecule has 140 valence electrons. The summed E-state index contributed by atoms with van der Waals surface area (Å²) in [5.41, 5.74) is 2.57. The molecule has 2 heterocycles. The van der Waals surface area contributed by atoms with E-state index in [9.17, 15) is 13.2 Å². The van der Waals surface area contributed by atoms with Crippen LogP contribution in [-0.2, 0) is 34.2 Å². The number of nitrogens with zero attached hydrogens (tertiary/aromatic N) is 3. The van der Waals surface area contributed by atoms with Gasteiger partial charge < -0.3 is 4.90 Å². The predicted molar refractivity (Wildman–Crippen MR) is 102 cm³/mol. The fourth-order valence-electron chi connectivity index (χ4n) is 3.05. The van der Waals surface area contributed by atoms with E-state index in [-0.39, 0.29) is 17.3 Å². The highest BCUT2D eigenvalue weighted by Gasteiger charge is 2.26. The highest BCUT2D eigenvalue weighted by molar-refractivity contribution is 7.89. The van der Waals surface area contributed by atoms with Gasteiger partial charge in [-0.15, -0.1) is 11.3 Å². The lowest BCUT2D eigenvalue weighted by atomic mass is 10.2. The van der Waals surface area contributed by atoms with Crippen molar-refractivity contribution < 1.29 is 13.2 Å². The minimum atomic E-state index is -3.73. The van der Waals surface area contributed by atoms with Gasteiger partial charge in [0.1, 0.15) is 0 Å². The molecule has 2 aromatic rings. The summed E-state index contributed by atoms with van der Waals surface area (Å²) in [6.45, 7) is 3.51. The van der Waals surface area contributed by atoms with Gasteiger partial charge in [-0.3, -0.25) is 9.69 Å². The van der Waals surface area contributed by atoms with Crippen LogP contribution in [0.4, 0.5) is 5.69 Å². The average molecular weight is 395 g/mol. The fraction of sp³-hybridized carbons (Fsp3) is 0.412. The minimum Gasteiger partial charge on any atom is -0.311 e. The number of benzene rings is 1. The van der Waals surface area contributed by atoms with E-state index in [4.69, 9.17) is 5.14 Å². The number of hydrogen-bond donors (Lipinski definition) is 1. The Labute approximate surface area is 157 Å². The number of aromatic nitrogens is 1. The SMILES string of the molecule is CCc1nc(CN(C)CC(=O)N2CCc3cc(S(N)(=O)=O)ccc32)cs1. The van der Waals surface area contributed by atoms with E-state index < -0.39 is 10.0 Å². The lowest BCUT2D eigenvalue weighted by Gasteiger charge is -2.21. The number of likely N-dealkylation sites (N-methyl/N-ethyl adjacent to an activating group) is 1. The molecule has 1 aromatic carbocycles. The molecule has 1 aromatic heterocycles. The van der Waals surface area contributed by atoms with E-state index in [0.29, 0.717) is 19.5 Å². The van der Waals surface area contributed by atoms with Gasteiger partial charge in [-0.1, -0.05) is 6.92 Å². The number of amides is 1. The number of thiazole rings is 1. The van der Waals surface area contributed by atoms with Crippen molar-refractivity contribution in [3.63, 3.8) is 0 Å². The maximum atomic E-state index is 12.7. The molecule has 0 spiro atoms. The quantitative estimate of drug-likeness (QED) is 0.798. The monoisotopic (exact) mass is 394 g/mol. The molecule has 0 unspecified atom stereocenters. The number of anilines is 1. The van der Waals surface area contributed by atoms with Crippen LogP contribution in [0.1, 0.15) is 23.2 Å². The first-order valence-electron chi connectivity index (χ1n) is 8.36. The largest absolute Gasteiger partial charge is 0.311 e. The van der Waals surface area contributed by atoms with Gasteiger partial charge >= 0.3 is 0 Å². The molecule has 9 heteroatoms. The third-order valence-electron chi connectivity index (χ3n) is 4.31. The van der Waals surface area contributed by atoms with Crippen LogP contribution in [0.5, 0.6) is 0 Å². The van der Waals surface area contributed by atoms with Crippen LogP contribution in [0.3, 0.4) is 0 Å². The maximum absolute atomic E-state index is 12.7. The molecule has 0 atom stereocenters. The van der Waals surface area contributed by atoms with E-state index >= 15 is 0 Å². The summed E-state index contributed by atoms with van der Waals surface area (Å²) in [5.74, 6) is -0.0134. The Morgan fingerprint density at radius 3 is 2.85 bits per heavy atom. The van der Waals surface area contributed by atoms with Gasteiger partial charge in [-0.05, 0) is 43.7 Å². The Hall–Kier alpha value is -1.81. The van der Waals surface area contributed by atoms with Gasteiger partial charge in [0.25, 0.3) is 0 Å². The lowest BCUT2D eigenvalue weighted by Crippen LogP contribution is -2.37. The van der Waals surface area contributed by atoms with Gasteiger partial charge in [0, 0.05) is 24.2 Å². The third kappa shape index (κ3) is 4.12. The van der Waals surface area contributed by atoms with Crippen LogP contribution < -0.4 is 10.0 Å². The number of sulfonamides is 1. The molecular formula is C17H22N4O3S2. The second-order valence-corrected chi connectivity index (χ2v) is 8.89. The van der Waals surface area contributed by atoms with Gasteiger partial charge in [-0.25, -0.2) is 18.5 Å². The summed E-state index contributed by atoms with van der Waals surface area (Å²) in [6.07, 6.45) is 1.54. The average Bonchev–Trinajstić information content (AvgIpc) is 3.19. The van der Waals surface area contributed by atoms with Crippen LogP contribution in [-0.4, -0.2) is 44.3 Å². The first kappa shape index (κ1) is 19.0. The predicted octanol–water partition coefficient (Wildman–Crippen LogP) is 1.37. The van der Waals surface area contributed by atoms with Crippen LogP contribution in [0.2, 0.25) is 0 Å². The lowest BCUT2D eigenvalue weighted by molar-refractivity contribution is -0.119. The van der Waals surface area contributed by atoms with E-state index in [1.165, 1.54) is 6.07 Å². The smallest absolute Gasteiger partial charge is 0.241 e. The molecule has 1 amide bonds. The molecule has 0 bridgehead atoms. The Morgan fingerprint density at radius 1 is 1.42 bits per heavy atom. The van der Waals surface area contributed by atoms with Crippen molar-refractivity contribution in [3.8, 4) is 0 Å². The fourth-order valence-corrected chi connectivity index (χ4v) is 4.35. The third-order valence-corrected chi connectivity index (χ3v) is 6.27. The van der Waals surface area contributed by atoms with Crippen LogP contribution >= 0.6 is 11.3 Å². The first-order valence-corrected chi connectivity index (χ1v) is 10.8. The van der Waals surface area contributed by atoms with Crippen molar-refractivity contribution in [2.75, 3.05) is 25.0 Å². The summed E-state index contributed by atoms with van der Waals surface area (Å²) in [6, 6.07) is 4.67.